The van der Waals surface area contributed by atoms with Crippen molar-refractivity contribution in [3.05, 3.63) is 89.0 Å². The highest BCUT2D eigenvalue weighted by Crippen LogP contribution is 2.45. The molecule has 2 aromatic rings. The lowest BCUT2D eigenvalue weighted by atomic mass is 9.92. The van der Waals surface area contributed by atoms with Crippen molar-refractivity contribution < 1.29 is 84.6 Å². The van der Waals surface area contributed by atoms with Crippen molar-refractivity contribution in [1.82, 2.24) is 36.8 Å². The molecule has 87 heavy (non-hydrogen) atoms. The van der Waals surface area contributed by atoms with Crippen molar-refractivity contribution in [2.45, 2.75) is 149 Å². The third-order valence-electron chi connectivity index (χ3n) is 14.2. The largest absolute Gasteiger partial charge is 0.495 e. The summed E-state index contributed by atoms with van der Waals surface area (Å²) in [5.41, 5.74) is 0.828. The van der Waals surface area contributed by atoms with Gasteiger partial charge >= 0.3 is 17.9 Å². The molecular weight excluding hydrogens is 1170 g/mol. The Morgan fingerprint density at radius 1 is 0.885 bits per heavy atom. The van der Waals surface area contributed by atoms with Gasteiger partial charge in [0.05, 0.1) is 35.8 Å². The van der Waals surface area contributed by atoms with Gasteiger partial charge in [0.2, 0.25) is 41.4 Å². The van der Waals surface area contributed by atoms with Crippen LogP contribution in [0.4, 0.5) is 0 Å². The SMILES string of the molecule is C=CCOC(=O)CCN(CCC(=O)N[C@H](C(=O)N[C@@H](C)C(=O)NCc1ccc([C@H]2O[C@@H]2[C@@H](C)[C@@H]2C/C=C/C(=O)N[C@H](Cc3ccc(OC)c(Cl)c3)C(=O)NCC(C)(C)C(=O)O[C@@H](CC(C)C)C(=O)O2)cc1)C(C)C)C(=O)CCC(=O)NCCS(=O)(=O)O. The maximum atomic E-state index is 14.0. The lowest BCUT2D eigenvalue weighted by Gasteiger charge is -2.29. The molecule has 480 valence electrons. The van der Waals surface area contributed by atoms with Crippen LogP contribution >= 0.6 is 11.6 Å². The summed E-state index contributed by atoms with van der Waals surface area (Å²) in [6.07, 6.45) is 0.151. The van der Waals surface area contributed by atoms with Crippen molar-refractivity contribution in [3.8, 4) is 5.75 Å². The molecule has 0 spiro atoms. The molecule has 25 nitrogen and oxygen atoms in total. The fraction of sp³-hybridized carbons (Fsp3) is 0.567. The maximum absolute atomic E-state index is 14.0. The number of rotatable bonds is 29. The summed E-state index contributed by atoms with van der Waals surface area (Å²) in [6.45, 7) is 16.1. The molecule has 2 aliphatic rings. The van der Waals surface area contributed by atoms with Crippen LogP contribution in [0.1, 0.15) is 117 Å². The molecule has 0 radical (unpaired) electrons. The predicted octanol–water partition coefficient (Wildman–Crippen LogP) is 3.51. The lowest BCUT2D eigenvalue weighted by molar-refractivity contribution is -0.179. The van der Waals surface area contributed by atoms with Crippen LogP contribution in [0.3, 0.4) is 0 Å². The Bertz CT molecular complexity index is 2920. The number of benzene rings is 2. The van der Waals surface area contributed by atoms with E-state index in [0.29, 0.717) is 21.9 Å². The van der Waals surface area contributed by atoms with Gasteiger partial charge in [-0.2, -0.15) is 8.42 Å². The summed E-state index contributed by atoms with van der Waals surface area (Å²) >= 11 is 6.38. The minimum absolute atomic E-state index is 0.0526. The van der Waals surface area contributed by atoms with Crippen LogP contribution in [-0.4, -0.2) is 159 Å². The van der Waals surface area contributed by atoms with Crippen LogP contribution in [0.2, 0.25) is 5.02 Å². The summed E-state index contributed by atoms with van der Waals surface area (Å²) in [6, 6.07) is 9.01. The van der Waals surface area contributed by atoms with Crippen molar-refractivity contribution in [1.29, 1.82) is 0 Å². The van der Waals surface area contributed by atoms with Crippen LogP contribution in [0.25, 0.3) is 0 Å². The van der Waals surface area contributed by atoms with E-state index < -0.39 is 135 Å². The van der Waals surface area contributed by atoms with Gasteiger partial charge in [-0.15, -0.1) is 0 Å². The van der Waals surface area contributed by atoms with E-state index in [1.807, 2.05) is 32.9 Å². The highest BCUT2D eigenvalue weighted by molar-refractivity contribution is 7.85. The number of hydrogen-bond acceptors (Lipinski definition) is 17. The monoisotopic (exact) mass is 1260 g/mol. The standard InChI is InChI=1S/C60H84ClN7O18S/c1-11-28-83-51(73)24-27-68(50(72)22-21-47(69)62-25-29-87(79,80)81)26-23-49(71)67-52(36(4)5)57(76)65-38(7)55(74)63-33-39-15-18-41(19-16-39)54-53(86-54)37(6)44-13-12-14-48(70)66-43(32-40-17-20-45(82-10)42(61)31-40)56(75)64-34-60(8,9)59(78)85-46(30-35(2)3)58(77)84-44/h11-12,14-20,31,35-38,43-44,46,52-54H,1,13,21-30,32-34H2,2-10H3,(H,62,69)(H,63,74)(H,64,75)(H,65,76)(H,66,70)(H,67,71)(H,79,80,81)/b14-12+/t37-,38-,43+,44-,46-,52-,53+,54+/m0/s1. The first kappa shape index (κ1) is 72.1. The average Bonchev–Trinajstić information content (AvgIpc) is 1.80. The van der Waals surface area contributed by atoms with Crippen molar-refractivity contribution in [2.24, 2.45) is 23.2 Å². The summed E-state index contributed by atoms with van der Waals surface area (Å²) in [5.74, 6) is -7.67. The Labute approximate surface area is 513 Å². The highest BCUT2D eigenvalue weighted by Gasteiger charge is 2.48. The highest BCUT2D eigenvalue weighted by atomic mass is 35.5. The van der Waals surface area contributed by atoms with E-state index in [1.54, 1.807) is 58.0 Å². The number of carbonyl (C=O) groups excluding carboxylic acids is 10. The van der Waals surface area contributed by atoms with Crippen molar-refractivity contribution in [2.75, 3.05) is 45.6 Å². The molecule has 2 heterocycles. The summed E-state index contributed by atoms with van der Waals surface area (Å²) in [5, 5.41) is 16.2. The van der Waals surface area contributed by atoms with Gasteiger partial charge in [0.15, 0.2) is 6.10 Å². The zero-order chi connectivity index (χ0) is 64.8. The molecular formula is C60H84ClN7O18S. The maximum Gasteiger partial charge on any atom is 0.347 e. The number of cyclic esters (lactones) is 2. The van der Waals surface area contributed by atoms with E-state index >= 15 is 0 Å². The average molecular weight is 1260 g/mol. The number of amides is 7. The second-order valence-electron chi connectivity index (χ2n) is 22.8. The number of nitrogens with one attached hydrogen (secondary N) is 6. The Balaban J connectivity index is 1.37. The smallest absolute Gasteiger partial charge is 0.347 e. The number of hydrogen-bond donors (Lipinski definition) is 7. The first-order chi connectivity index (χ1) is 40.9. The molecule has 2 aliphatic heterocycles. The second-order valence-corrected chi connectivity index (χ2v) is 24.8. The lowest BCUT2D eigenvalue weighted by Crippen LogP contribution is -2.54. The normalized spacial score (nSPS) is 20.4. The van der Waals surface area contributed by atoms with Gasteiger partial charge in [-0.05, 0) is 73.9 Å². The zero-order valence-electron chi connectivity index (χ0n) is 50.8. The number of nitrogens with zero attached hydrogens (tertiary/aromatic N) is 1. The summed E-state index contributed by atoms with van der Waals surface area (Å²) in [7, 11) is -2.85. The molecule has 2 aromatic carbocycles. The number of epoxide rings is 1. The van der Waals surface area contributed by atoms with Crippen LogP contribution in [0.15, 0.2) is 67.3 Å². The molecule has 0 unspecified atom stereocenters. The van der Waals surface area contributed by atoms with E-state index in [2.05, 4.69) is 38.5 Å². The fourth-order valence-corrected chi connectivity index (χ4v) is 9.61. The van der Waals surface area contributed by atoms with Crippen LogP contribution in [-0.2, 0) is 90.0 Å². The van der Waals surface area contributed by atoms with E-state index in [-0.39, 0.29) is 90.2 Å². The molecule has 0 aromatic heterocycles. The van der Waals surface area contributed by atoms with Crippen molar-refractivity contribution >= 4 is 81.0 Å². The van der Waals surface area contributed by atoms with Gasteiger partial charge in [-0.3, -0.25) is 47.7 Å². The van der Waals surface area contributed by atoms with Crippen LogP contribution in [0.5, 0.6) is 5.75 Å². The van der Waals surface area contributed by atoms with Gasteiger partial charge in [0, 0.05) is 70.7 Å². The Hall–Kier alpha value is -7.42. The number of halogens is 1. The van der Waals surface area contributed by atoms with E-state index in [9.17, 15) is 56.4 Å². The van der Waals surface area contributed by atoms with E-state index in [0.717, 1.165) is 5.56 Å². The Kier molecular flexibility index (Phi) is 28.3. The third-order valence-corrected chi connectivity index (χ3v) is 15.2. The molecule has 0 bridgehead atoms. The minimum atomic E-state index is -4.32. The first-order valence-corrected chi connectivity index (χ1v) is 30.8. The summed E-state index contributed by atoms with van der Waals surface area (Å²) < 4.78 is 59.2. The van der Waals surface area contributed by atoms with Gasteiger partial charge in [0.1, 0.15) is 42.7 Å². The molecule has 7 N–H and O–H groups in total. The quantitative estimate of drug-likeness (QED) is 0.0201. The van der Waals surface area contributed by atoms with E-state index in [1.165, 1.54) is 37.2 Å². The predicted molar refractivity (Wildman–Crippen MR) is 318 cm³/mol. The van der Waals surface area contributed by atoms with Gasteiger partial charge in [-0.1, -0.05) is 95.3 Å². The Morgan fingerprint density at radius 2 is 1.56 bits per heavy atom. The molecule has 0 saturated carbocycles. The molecule has 27 heteroatoms. The molecule has 7 amide bonds. The Morgan fingerprint density at radius 3 is 2.20 bits per heavy atom. The zero-order valence-corrected chi connectivity index (χ0v) is 52.3. The molecule has 1 fully saturated rings. The molecule has 1 saturated heterocycles. The number of esters is 3. The molecule has 8 atom stereocenters. The second kappa shape index (κ2) is 34.2. The molecule has 0 aliphatic carbocycles. The van der Waals surface area contributed by atoms with Gasteiger partial charge in [0.25, 0.3) is 10.1 Å². The van der Waals surface area contributed by atoms with Gasteiger partial charge in [-0.25, -0.2) is 4.79 Å². The van der Waals surface area contributed by atoms with E-state index in [4.69, 9.17) is 39.8 Å². The first-order valence-electron chi connectivity index (χ1n) is 28.8. The fourth-order valence-electron chi connectivity index (χ4n) is 8.97. The summed E-state index contributed by atoms with van der Waals surface area (Å²) in [4.78, 5) is 134. The van der Waals surface area contributed by atoms with Crippen molar-refractivity contribution in [3.63, 3.8) is 0 Å². The minimum Gasteiger partial charge on any atom is -0.495 e. The third kappa shape index (κ3) is 24.7. The van der Waals surface area contributed by atoms with Gasteiger partial charge < -0.3 is 60.5 Å². The van der Waals surface area contributed by atoms with Crippen LogP contribution in [0, 0.1) is 23.2 Å². The number of methoxy groups -OCH3 is 1. The molecule has 4 rings (SSSR count). The topological polar surface area (TPSA) is 350 Å². The number of ether oxygens (including phenoxy) is 5. The van der Waals surface area contributed by atoms with Crippen LogP contribution < -0.4 is 36.6 Å². The number of carbonyl (C=O) groups is 10.